The lowest BCUT2D eigenvalue weighted by Crippen LogP contribution is -2.16. The number of rotatable bonds is 1. The van der Waals surface area contributed by atoms with Crippen LogP contribution in [0.4, 0.5) is 13.2 Å². The van der Waals surface area contributed by atoms with Crippen molar-refractivity contribution >= 4 is 8.07 Å². The number of benzene rings is 1. The maximum absolute atomic E-state index is 13.3. The summed E-state index contributed by atoms with van der Waals surface area (Å²) in [5.41, 5.74) is 3.36. The molecule has 0 aliphatic rings. The normalized spacial score (nSPS) is 12.9. The minimum atomic E-state index is -1.63. The van der Waals surface area contributed by atoms with Crippen LogP contribution < -0.4 is 0 Å². The van der Waals surface area contributed by atoms with Gasteiger partial charge in [-0.2, -0.15) is 0 Å². The fourth-order valence-corrected chi connectivity index (χ4v) is 1.76. The molecule has 4 heteroatoms. The van der Waals surface area contributed by atoms with Gasteiger partial charge in [0, 0.05) is 11.1 Å². The van der Waals surface area contributed by atoms with Crippen molar-refractivity contribution in [3.8, 4) is 11.5 Å². The largest absolute Gasteiger partial charge is 0.243 e. The minimum absolute atomic E-state index is 0.106. The molecular weight excluding hydrogens is 241 g/mol. The second kappa shape index (κ2) is 4.97. The van der Waals surface area contributed by atoms with E-state index in [1.54, 1.807) is 0 Å². The molecular formula is C13H15F3Si. The van der Waals surface area contributed by atoms with E-state index in [1.165, 1.54) is 6.92 Å². The molecule has 0 aromatic heterocycles. The van der Waals surface area contributed by atoms with Gasteiger partial charge in [-0.1, -0.05) is 25.6 Å². The van der Waals surface area contributed by atoms with Crippen LogP contribution in [0.5, 0.6) is 0 Å². The Balaban J connectivity index is 3.30. The molecule has 1 unspecified atom stereocenters. The molecule has 0 spiro atoms. The minimum Gasteiger partial charge on any atom is -0.243 e. The summed E-state index contributed by atoms with van der Waals surface area (Å²) in [5.74, 6) is 0.737. The molecule has 0 bridgehead atoms. The molecule has 0 heterocycles. The monoisotopic (exact) mass is 256 g/mol. The van der Waals surface area contributed by atoms with Crippen molar-refractivity contribution in [2.75, 3.05) is 0 Å². The van der Waals surface area contributed by atoms with Crippen molar-refractivity contribution in [3.05, 3.63) is 34.9 Å². The summed E-state index contributed by atoms with van der Waals surface area (Å²) in [6.07, 6.45) is -1.36. The van der Waals surface area contributed by atoms with Gasteiger partial charge >= 0.3 is 0 Å². The van der Waals surface area contributed by atoms with Gasteiger partial charge in [-0.3, -0.25) is 0 Å². The Hall–Kier alpha value is -1.21. The van der Waals surface area contributed by atoms with Crippen molar-refractivity contribution in [3.63, 3.8) is 0 Å². The number of hydrogen-bond acceptors (Lipinski definition) is 0. The zero-order chi connectivity index (χ0) is 13.2. The molecule has 0 amide bonds. The summed E-state index contributed by atoms with van der Waals surface area (Å²) in [4.78, 5) is 0. The van der Waals surface area contributed by atoms with Crippen LogP contribution in [0.25, 0.3) is 0 Å². The summed E-state index contributed by atoms with van der Waals surface area (Å²) in [6, 6.07) is 1.85. The Morgan fingerprint density at radius 3 is 2.12 bits per heavy atom. The van der Waals surface area contributed by atoms with Gasteiger partial charge in [-0.25, -0.2) is 13.2 Å². The third-order valence-corrected chi connectivity index (χ3v) is 2.97. The Bertz CT molecular complexity index is 476. The fourth-order valence-electron chi connectivity index (χ4n) is 1.25. The van der Waals surface area contributed by atoms with Gasteiger partial charge in [-0.05, 0) is 19.1 Å². The molecule has 1 atom stereocenters. The number of alkyl halides is 1. The van der Waals surface area contributed by atoms with Crippen molar-refractivity contribution < 1.29 is 13.2 Å². The Morgan fingerprint density at radius 2 is 1.65 bits per heavy atom. The lowest BCUT2D eigenvalue weighted by Gasteiger charge is -2.08. The van der Waals surface area contributed by atoms with E-state index >= 15 is 0 Å². The van der Waals surface area contributed by atoms with E-state index < -0.39 is 25.9 Å². The van der Waals surface area contributed by atoms with E-state index in [-0.39, 0.29) is 11.1 Å². The van der Waals surface area contributed by atoms with Crippen LogP contribution in [0.15, 0.2) is 12.1 Å². The van der Waals surface area contributed by atoms with Crippen LogP contribution >= 0.6 is 0 Å². The topological polar surface area (TPSA) is 0 Å². The quantitative estimate of drug-likeness (QED) is 0.521. The standard InChI is InChI=1S/C13H15F3Si/c1-9(14)11-8-13(16)12(15)7-10(11)5-6-17(2,3)4/h7-9H,1-4H3. The van der Waals surface area contributed by atoms with Crippen LogP contribution in [0.3, 0.4) is 0 Å². The van der Waals surface area contributed by atoms with E-state index in [1.807, 2.05) is 19.6 Å². The predicted octanol–water partition coefficient (Wildman–Crippen LogP) is 4.22. The SMILES string of the molecule is CC(F)c1cc(F)c(F)cc1C#C[Si](C)(C)C. The van der Waals surface area contributed by atoms with E-state index in [0.717, 1.165) is 12.1 Å². The molecule has 0 aliphatic carbocycles. The third kappa shape index (κ3) is 3.94. The van der Waals surface area contributed by atoms with Crippen LogP contribution in [0.2, 0.25) is 19.6 Å². The van der Waals surface area contributed by atoms with Gasteiger partial charge in [0.1, 0.15) is 14.2 Å². The smallest absolute Gasteiger partial charge is 0.160 e. The second-order valence-electron chi connectivity index (χ2n) is 4.97. The van der Waals surface area contributed by atoms with Crippen molar-refractivity contribution in [2.45, 2.75) is 32.7 Å². The molecule has 0 saturated carbocycles. The van der Waals surface area contributed by atoms with Crippen molar-refractivity contribution in [1.82, 2.24) is 0 Å². The summed E-state index contributed by atoms with van der Waals surface area (Å²) in [7, 11) is -1.63. The first-order chi connectivity index (χ1) is 7.70. The first kappa shape index (κ1) is 13.9. The summed E-state index contributed by atoms with van der Waals surface area (Å²) in [5, 5.41) is 0. The highest BCUT2D eigenvalue weighted by Gasteiger charge is 2.14. The lowest BCUT2D eigenvalue weighted by molar-refractivity contribution is 0.370. The highest BCUT2D eigenvalue weighted by Crippen LogP contribution is 2.23. The zero-order valence-corrected chi connectivity index (χ0v) is 11.4. The van der Waals surface area contributed by atoms with E-state index in [4.69, 9.17) is 0 Å². The average molecular weight is 256 g/mol. The van der Waals surface area contributed by atoms with Gasteiger partial charge in [0.15, 0.2) is 11.6 Å². The average Bonchev–Trinajstić information content (AvgIpc) is 2.17. The van der Waals surface area contributed by atoms with Gasteiger partial charge in [0.25, 0.3) is 0 Å². The molecule has 1 aromatic carbocycles. The molecule has 92 valence electrons. The second-order valence-corrected chi connectivity index (χ2v) is 9.72. The molecule has 1 aromatic rings. The molecule has 0 fully saturated rings. The van der Waals surface area contributed by atoms with Crippen LogP contribution in [0.1, 0.15) is 24.2 Å². The van der Waals surface area contributed by atoms with Crippen molar-refractivity contribution in [2.24, 2.45) is 0 Å². The van der Waals surface area contributed by atoms with Gasteiger partial charge in [0.05, 0.1) is 0 Å². The van der Waals surface area contributed by atoms with E-state index in [9.17, 15) is 13.2 Å². The van der Waals surface area contributed by atoms with Crippen molar-refractivity contribution in [1.29, 1.82) is 0 Å². The first-order valence-corrected chi connectivity index (χ1v) is 8.87. The lowest BCUT2D eigenvalue weighted by atomic mass is 10.0. The van der Waals surface area contributed by atoms with E-state index in [2.05, 4.69) is 11.5 Å². The number of hydrogen-bond donors (Lipinski definition) is 0. The zero-order valence-electron chi connectivity index (χ0n) is 10.4. The first-order valence-electron chi connectivity index (χ1n) is 5.37. The highest BCUT2D eigenvalue weighted by atomic mass is 28.3. The summed E-state index contributed by atoms with van der Waals surface area (Å²) in [6.45, 7) is 7.36. The molecule has 0 nitrogen and oxygen atoms in total. The summed E-state index contributed by atoms with van der Waals surface area (Å²) < 4.78 is 39.4. The predicted molar refractivity (Wildman–Crippen MR) is 66.1 cm³/mol. The molecule has 0 aliphatic heterocycles. The van der Waals surface area contributed by atoms with Gasteiger partial charge in [0.2, 0.25) is 0 Å². The van der Waals surface area contributed by atoms with E-state index in [0.29, 0.717) is 0 Å². The molecule has 0 radical (unpaired) electrons. The van der Waals surface area contributed by atoms with Gasteiger partial charge < -0.3 is 0 Å². The van der Waals surface area contributed by atoms with Crippen LogP contribution in [-0.2, 0) is 0 Å². The third-order valence-electron chi connectivity index (χ3n) is 2.09. The molecule has 0 N–H and O–H groups in total. The van der Waals surface area contributed by atoms with Crippen LogP contribution in [0, 0.1) is 23.1 Å². The Kier molecular flexibility index (Phi) is 4.05. The summed E-state index contributed by atoms with van der Waals surface area (Å²) >= 11 is 0. The molecule has 0 saturated heterocycles. The maximum atomic E-state index is 13.3. The highest BCUT2D eigenvalue weighted by molar-refractivity contribution is 6.83. The van der Waals surface area contributed by atoms with Gasteiger partial charge in [-0.15, -0.1) is 5.54 Å². The molecule has 1 rings (SSSR count). The molecule has 17 heavy (non-hydrogen) atoms. The fraction of sp³-hybridized carbons (Fsp3) is 0.385. The van der Waals surface area contributed by atoms with Crippen LogP contribution in [-0.4, -0.2) is 8.07 Å². The maximum Gasteiger partial charge on any atom is 0.160 e. The number of halogens is 3. The Morgan fingerprint density at radius 1 is 1.12 bits per heavy atom. The Labute approximate surface area is 101 Å².